The second kappa shape index (κ2) is 6.06. The smallest absolute Gasteiger partial charge is 0.255 e. The molecule has 0 bridgehead atoms. The fourth-order valence-corrected chi connectivity index (χ4v) is 4.23. The van der Waals surface area contributed by atoms with Gasteiger partial charge in [-0.25, -0.2) is 8.42 Å². The number of sulfonamides is 1. The van der Waals surface area contributed by atoms with Gasteiger partial charge < -0.3 is 4.98 Å². The molecule has 1 aromatic heterocycles. The van der Waals surface area contributed by atoms with Crippen molar-refractivity contribution in [3.63, 3.8) is 0 Å². The Morgan fingerprint density at radius 2 is 1.64 bits per heavy atom. The molecule has 1 aliphatic rings. The summed E-state index contributed by atoms with van der Waals surface area (Å²) in [6, 6.07) is 9.97. The third-order valence-corrected chi connectivity index (χ3v) is 5.85. The number of benzene rings is 1. The highest BCUT2D eigenvalue weighted by molar-refractivity contribution is 7.89. The van der Waals surface area contributed by atoms with Crippen LogP contribution in [0.15, 0.2) is 52.3 Å². The van der Waals surface area contributed by atoms with E-state index in [4.69, 9.17) is 0 Å². The Morgan fingerprint density at radius 3 is 2.27 bits per heavy atom. The molecule has 1 fully saturated rings. The summed E-state index contributed by atoms with van der Waals surface area (Å²) in [5.41, 5.74) is 1.05. The van der Waals surface area contributed by atoms with Gasteiger partial charge in [-0.2, -0.15) is 4.31 Å². The number of aromatic nitrogens is 1. The summed E-state index contributed by atoms with van der Waals surface area (Å²) >= 11 is 0. The van der Waals surface area contributed by atoms with Crippen molar-refractivity contribution >= 4 is 10.0 Å². The predicted molar refractivity (Wildman–Crippen MR) is 85.1 cm³/mol. The van der Waals surface area contributed by atoms with E-state index in [1.165, 1.54) is 0 Å². The van der Waals surface area contributed by atoms with E-state index in [2.05, 4.69) is 4.98 Å². The van der Waals surface area contributed by atoms with Crippen LogP contribution < -0.4 is 5.56 Å². The van der Waals surface area contributed by atoms with Crippen LogP contribution in [0, 0.1) is 0 Å². The monoisotopic (exact) mass is 318 g/mol. The number of H-pyrrole nitrogens is 1. The van der Waals surface area contributed by atoms with Gasteiger partial charge in [-0.3, -0.25) is 4.79 Å². The molecule has 5 nitrogen and oxygen atoms in total. The van der Waals surface area contributed by atoms with Gasteiger partial charge in [-0.1, -0.05) is 18.6 Å². The lowest BCUT2D eigenvalue weighted by Crippen LogP contribution is -2.35. The molecular formula is C16H18N2O3S. The molecule has 0 amide bonds. The van der Waals surface area contributed by atoms with Crippen molar-refractivity contribution in [2.75, 3.05) is 13.1 Å². The molecule has 0 unspecified atom stereocenters. The van der Waals surface area contributed by atoms with E-state index in [9.17, 15) is 13.2 Å². The van der Waals surface area contributed by atoms with E-state index in [1.54, 1.807) is 46.9 Å². The van der Waals surface area contributed by atoms with E-state index < -0.39 is 10.0 Å². The molecular weight excluding hydrogens is 300 g/mol. The van der Waals surface area contributed by atoms with Gasteiger partial charge in [0.25, 0.3) is 5.56 Å². The lowest BCUT2D eigenvalue weighted by molar-refractivity contribution is 0.346. The third kappa shape index (κ3) is 2.84. The van der Waals surface area contributed by atoms with Crippen LogP contribution in [0.5, 0.6) is 0 Å². The second-order valence-electron chi connectivity index (χ2n) is 5.40. The van der Waals surface area contributed by atoms with Crippen LogP contribution >= 0.6 is 0 Å². The number of rotatable bonds is 3. The minimum absolute atomic E-state index is 0.186. The van der Waals surface area contributed by atoms with Gasteiger partial charge in [0.1, 0.15) is 0 Å². The Kier molecular flexibility index (Phi) is 4.13. The maximum absolute atomic E-state index is 12.6. The quantitative estimate of drug-likeness (QED) is 0.943. The first-order valence-electron chi connectivity index (χ1n) is 7.37. The van der Waals surface area contributed by atoms with Crippen molar-refractivity contribution in [1.82, 2.24) is 9.29 Å². The molecule has 1 N–H and O–H groups in total. The van der Waals surface area contributed by atoms with Gasteiger partial charge in [-0.05, 0) is 42.7 Å². The van der Waals surface area contributed by atoms with Crippen molar-refractivity contribution in [3.05, 3.63) is 52.9 Å². The highest BCUT2D eigenvalue weighted by atomic mass is 32.2. The van der Waals surface area contributed by atoms with Crippen molar-refractivity contribution < 1.29 is 8.42 Å². The van der Waals surface area contributed by atoms with E-state index in [1.807, 2.05) is 0 Å². The summed E-state index contributed by atoms with van der Waals surface area (Å²) in [6.45, 7) is 1.17. The Hall–Kier alpha value is -1.92. The fraction of sp³-hybridized carbons (Fsp3) is 0.312. The molecule has 0 aliphatic carbocycles. The first-order valence-corrected chi connectivity index (χ1v) is 8.81. The van der Waals surface area contributed by atoms with Gasteiger partial charge in [-0.15, -0.1) is 0 Å². The van der Waals surface area contributed by atoms with Crippen molar-refractivity contribution in [3.8, 4) is 11.1 Å². The molecule has 116 valence electrons. The number of pyridine rings is 1. The molecule has 3 rings (SSSR count). The summed E-state index contributed by atoms with van der Waals surface area (Å²) < 4.78 is 26.7. The molecule has 1 aliphatic heterocycles. The number of nitrogens with zero attached hydrogens (tertiary/aromatic N) is 1. The average Bonchev–Trinajstić information content (AvgIpc) is 2.56. The van der Waals surface area contributed by atoms with Crippen LogP contribution in [-0.4, -0.2) is 30.8 Å². The first kappa shape index (κ1) is 15.0. The van der Waals surface area contributed by atoms with Crippen LogP contribution in [0.4, 0.5) is 0 Å². The number of hydrogen-bond acceptors (Lipinski definition) is 3. The molecule has 0 radical (unpaired) electrons. The van der Waals surface area contributed by atoms with Crippen molar-refractivity contribution in [2.45, 2.75) is 24.2 Å². The fourth-order valence-electron chi connectivity index (χ4n) is 2.71. The Bertz CT molecular complexity index is 804. The molecule has 22 heavy (non-hydrogen) atoms. The lowest BCUT2D eigenvalue weighted by atomic mass is 10.1. The summed E-state index contributed by atoms with van der Waals surface area (Å²) in [7, 11) is -3.42. The zero-order valence-electron chi connectivity index (χ0n) is 12.2. The highest BCUT2D eigenvalue weighted by Crippen LogP contribution is 2.23. The van der Waals surface area contributed by atoms with Crippen LogP contribution in [0.3, 0.4) is 0 Å². The number of aromatic amines is 1. The molecule has 1 saturated heterocycles. The molecule has 2 heterocycles. The zero-order chi connectivity index (χ0) is 15.6. The molecule has 0 spiro atoms. The van der Waals surface area contributed by atoms with Crippen LogP contribution in [0.1, 0.15) is 19.3 Å². The largest absolute Gasteiger partial charge is 0.329 e. The number of nitrogens with one attached hydrogen (secondary N) is 1. The maximum Gasteiger partial charge on any atom is 0.255 e. The lowest BCUT2D eigenvalue weighted by Gasteiger charge is -2.25. The highest BCUT2D eigenvalue weighted by Gasteiger charge is 2.25. The summed E-state index contributed by atoms with van der Waals surface area (Å²) in [6.07, 6.45) is 4.48. The molecule has 2 aromatic rings. The van der Waals surface area contributed by atoms with E-state index in [0.717, 1.165) is 19.3 Å². The van der Waals surface area contributed by atoms with Crippen LogP contribution in [0.2, 0.25) is 0 Å². The van der Waals surface area contributed by atoms with Gasteiger partial charge >= 0.3 is 0 Å². The van der Waals surface area contributed by atoms with E-state index in [0.29, 0.717) is 24.2 Å². The topological polar surface area (TPSA) is 70.2 Å². The van der Waals surface area contributed by atoms with E-state index in [-0.39, 0.29) is 10.5 Å². The Balaban J connectivity index is 1.91. The van der Waals surface area contributed by atoms with Gasteiger partial charge in [0.15, 0.2) is 0 Å². The zero-order valence-corrected chi connectivity index (χ0v) is 13.0. The van der Waals surface area contributed by atoms with Crippen molar-refractivity contribution in [2.24, 2.45) is 0 Å². The maximum atomic E-state index is 12.6. The molecule has 0 atom stereocenters. The SMILES string of the molecule is O=c1[nH]cccc1-c1ccc(S(=O)(=O)N2CCCCC2)cc1. The Labute approximate surface area is 129 Å². The van der Waals surface area contributed by atoms with Crippen molar-refractivity contribution in [1.29, 1.82) is 0 Å². The van der Waals surface area contributed by atoms with Gasteiger partial charge in [0.05, 0.1) is 4.90 Å². The normalized spacial score (nSPS) is 16.5. The van der Waals surface area contributed by atoms with Gasteiger partial charge in [0, 0.05) is 24.8 Å². The third-order valence-electron chi connectivity index (χ3n) is 3.94. The minimum Gasteiger partial charge on any atom is -0.329 e. The van der Waals surface area contributed by atoms with Gasteiger partial charge in [0.2, 0.25) is 10.0 Å². The second-order valence-corrected chi connectivity index (χ2v) is 7.34. The van der Waals surface area contributed by atoms with Crippen LogP contribution in [-0.2, 0) is 10.0 Å². The standard InChI is InChI=1S/C16H18N2O3S/c19-16-15(5-4-10-17-16)13-6-8-14(9-7-13)22(20,21)18-11-2-1-3-12-18/h4-10H,1-3,11-12H2,(H,17,19). The average molecular weight is 318 g/mol. The first-order chi connectivity index (χ1) is 10.6. The summed E-state index contributed by atoms with van der Waals surface area (Å²) in [5, 5.41) is 0. The molecule has 0 saturated carbocycles. The predicted octanol–water partition coefficient (Wildman–Crippen LogP) is 2.22. The number of hydrogen-bond donors (Lipinski definition) is 1. The minimum atomic E-state index is -3.42. The molecule has 1 aromatic carbocycles. The summed E-state index contributed by atoms with van der Waals surface area (Å²) in [4.78, 5) is 14.7. The number of piperidine rings is 1. The van der Waals surface area contributed by atoms with E-state index >= 15 is 0 Å². The molecule has 6 heteroatoms. The van der Waals surface area contributed by atoms with Crippen LogP contribution in [0.25, 0.3) is 11.1 Å². The Morgan fingerprint density at radius 1 is 0.955 bits per heavy atom. The summed E-state index contributed by atoms with van der Waals surface area (Å²) in [5.74, 6) is 0.